The van der Waals surface area contributed by atoms with E-state index >= 15 is 0 Å². The number of benzene rings is 8. The molecule has 0 bridgehead atoms. The summed E-state index contributed by atoms with van der Waals surface area (Å²) < 4.78 is 87.5. The molecule has 0 aliphatic heterocycles. The Morgan fingerprint density at radius 3 is 1.39 bits per heavy atom. The van der Waals surface area contributed by atoms with Gasteiger partial charge in [-0.3, -0.25) is 0 Å². The summed E-state index contributed by atoms with van der Waals surface area (Å²) in [6.45, 7) is 0. The molecule has 0 spiro atoms. The van der Waals surface area contributed by atoms with Crippen LogP contribution in [0.15, 0.2) is 206 Å². The number of nitrogens with zero attached hydrogens (tertiary/aromatic N) is 6. The minimum Gasteiger partial charge on any atom is -0.308 e. The van der Waals surface area contributed by atoms with Crippen LogP contribution >= 0.6 is 0 Å². The molecule has 11 aromatic rings. The average molecular weight is 917 g/mol. The van der Waals surface area contributed by atoms with Gasteiger partial charge in [0.25, 0.3) is 0 Å². The second-order valence-electron chi connectivity index (χ2n) is 16.3. The van der Waals surface area contributed by atoms with Crippen molar-refractivity contribution in [3.05, 3.63) is 217 Å². The van der Waals surface area contributed by atoms with Crippen LogP contribution in [0.1, 0.15) is 11.1 Å². The number of alkyl halides is 6. The molecule has 0 saturated carbocycles. The first-order valence-corrected chi connectivity index (χ1v) is 21.8. The summed E-state index contributed by atoms with van der Waals surface area (Å²) in [5.41, 5.74) is 4.36. The highest BCUT2D eigenvalue weighted by Crippen LogP contribution is 2.44. The van der Waals surface area contributed by atoms with Crippen molar-refractivity contribution in [3.63, 3.8) is 0 Å². The van der Waals surface area contributed by atoms with Crippen LogP contribution in [-0.2, 0) is 12.4 Å². The van der Waals surface area contributed by atoms with E-state index in [1.807, 2.05) is 174 Å². The molecule has 8 aromatic carbocycles. The number of hydrogen-bond donors (Lipinski definition) is 0. The highest BCUT2D eigenvalue weighted by Gasteiger charge is 2.38. The molecule has 334 valence electrons. The molecule has 69 heavy (non-hydrogen) atoms. The summed E-state index contributed by atoms with van der Waals surface area (Å²) in [4.78, 5) is 25.3. The highest BCUT2D eigenvalue weighted by molar-refractivity contribution is 6.11. The fraction of sp³-hybridized carbons (Fsp3) is 0.0351. The van der Waals surface area contributed by atoms with E-state index in [2.05, 4.69) is 0 Å². The Morgan fingerprint density at radius 2 is 0.812 bits per heavy atom. The Bertz CT molecular complexity index is 3570. The summed E-state index contributed by atoms with van der Waals surface area (Å²) >= 11 is 0. The van der Waals surface area contributed by atoms with Crippen molar-refractivity contribution in [1.82, 2.24) is 29.5 Å². The summed E-state index contributed by atoms with van der Waals surface area (Å²) in [5, 5.41) is 1.49. The maximum atomic E-state index is 14.7. The minimum atomic E-state index is -5.09. The van der Waals surface area contributed by atoms with Gasteiger partial charge in [0.2, 0.25) is 0 Å². The van der Waals surface area contributed by atoms with Crippen molar-refractivity contribution < 1.29 is 26.3 Å². The van der Waals surface area contributed by atoms with Gasteiger partial charge in [0.15, 0.2) is 23.3 Å². The number of para-hydroxylation sites is 1. The second kappa shape index (κ2) is 17.1. The molecule has 6 nitrogen and oxygen atoms in total. The molecule has 0 radical (unpaired) electrons. The Kier molecular flexibility index (Phi) is 10.6. The lowest BCUT2D eigenvalue weighted by atomic mass is 9.96. The lowest BCUT2D eigenvalue weighted by Crippen LogP contribution is -2.12. The smallest absolute Gasteiger partial charge is 0.308 e. The number of fused-ring (bicyclic) bond motifs is 3. The normalized spacial score (nSPS) is 11.9. The predicted molar refractivity (Wildman–Crippen MR) is 258 cm³/mol. The summed E-state index contributed by atoms with van der Waals surface area (Å²) in [5.74, 6) is 1.61. The van der Waals surface area contributed by atoms with Gasteiger partial charge in [-0.05, 0) is 53.6 Å². The Labute approximate surface area is 390 Å². The van der Waals surface area contributed by atoms with Gasteiger partial charge >= 0.3 is 12.4 Å². The molecule has 3 heterocycles. The van der Waals surface area contributed by atoms with Gasteiger partial charge in [-0.15, -0.1) is 0 Å². The predicted octanol–water partition coefficient (Wildman–Crippen LogP) is 15.5. The number of aromatic nitrogens is 6. The van der Waals surface area contributed by atoms with Gasteiger partial charge in [0.1, 0.15) is 0 Å². The van der Waals surface area contributed by atoms with E-state index in [0.717, 1.165) is 33.7 Å². The van der Waals surface area contributed by atoms with Crippen LogP contribution in [0.3, 0.4) is 0 Å². The Hall–Kier alpha value is -8.77. The van der Waals surface area contributed by atoms with Crippen molar-refractivity contribution in [2.75, 3.05) is 0 Å². The fourth-order valence-electron chi connectivity index (χ4n) is 8.67. The quantitative estimate of drug-likeness (QED) is 0.142. The van der Waals surface area contributed by atoms with Gasteiger partial charge < -0.3 is 4.57 Å². The Morgan fingerprint density at radius 1 is 0.319 bits per heavy atom. The van der Waals surface area contributed by atoms with Gasteiger partial charge in [-0.25, -0.2) is 24.9 Å². The number of hydrogen-bond acceptors (Lipinski definition) is 5. The van der Waals surface area contributed by atoms with Crippen molar-refractivity contribution in [2.45, 2.75) is 12.4 Å². The van der Waals surface area contributed by atoms with Gasteiger partial charge in [0, 0.05) is 44.2 Å². The first-order valence-electron chi connectivity index (χ1n) is 21.8. The molecule has 12 heteroatoms. The summed E-state index contributed by atoms with van der Waals surface area (Å²) in [7, 11) is 0. The second-order valence-corrected chi connectivity index (χ2v) is 16.3. The first-order chi connectivity index (χ1) is 33.5. The zero-order valence-electron chi connectivity index (χ0n) is 36.1. The number of halogens is 6. The third kappa shape index (κ3) is 8.26. The molecule has 3 aromatic heterocycles. The summed E-state index contributed by atoms with van der Waals surface area (Å²) in [6.07, 6.45) is -10.1. The van der Waals surface area contributed by atoms with Crippen molar-refractivity contribution in [2.24, 2.45) is 0 Å². The van der Waals surface area contributed by atoms with Gasteiger partial charge in [-0.2, -0.15) is 26.3 Å². The maximum Gasteiger partial charge on any atom is 0.417 e. The van der Waals surface area contributed by atoms with Crippen LogP contribution in [0, 0.1) is 0 Å². The lowest BCUT2D eigenvalue weighted by molar-refractivity contribution is -0.142. The van der Waals surface area contributed by atoms with Gasteiger partial charge in [-0.1, -0.05) is 164 Å². The zero-order valence-corrected chi connectivity index (χ0v) is 36.1. The minimum absolute atomic E-state index is 0.0755. The van der Waals surface area contributed by atoms with Crippen LogP contribution in [0.4, 0.5) is 26.3 Å². The van der Waals surface area contributed by atoms with E-state index < -0.39 is 29.0 Å². The molecule has 0 saturated heterocycles. The standard InChI is InChI=1S/C57H34F6N6/c58-56(59,60)41-27-29-42(46(33-41)57(61,62)63)39-25-28-44-43-23-13-14-24-49(43)69(51(44)32-39)50-30-26-40(48-34-47(35-15-5-1-6-16-35)64-52(65-48)36-17-7-2-8-18-36)31-45(50)55-67-53(37-19-9-3-10-20-37)66-54(68-55)38-21-11-4-12-22-38/h1-34H. The van der Waals surface area contributed by atoms with Crippen molar-refractivity contribution in [3.8, 4) is 84.9 Å². The van der Waals surface area contributed by atoms with Crippen molar-refractivity contribution >= 4 is 21.8 Å². The first kappa shape index (κ1) is 42.8. The van der Waals surface area contributed by atoms with E-state index in [0.29, 0.717) is 74.0 Å². The van der Waals surface area contributed by atoms with E-state index in [-0.39, 0.29) is 11.6 Å². The van der Waals surface area contributed by atoms with Crippen LogP contribution < -0.4 is 0 Å². The highest BCUT2D eigenvalue weighted by atomic mass is 19.4. The van der Waals surface area contributed by atoms with Crippen molar-refractivity contribution in [1.29, 1.82) is 0 Å². The molecule has 0 aliphatic rings. The van der Waals surface area contributed by atoms with E-state index in [1.54, 1.807) is 12.1 Å². The molecule has 0 amide bonds. The lowest BCUT2D eigenvalue weighted by Gasteiger charge is -2.18. The largest absolute Gasteiger partial charge is 0.417 e. The average Bonchev–Trinajstić information content (AvgIpc) is 3.72. The Balaban J connectivity index is 1.21. The van der Waals surface area contributed by atoms with Crippen LogP contribution in [0.25, 0.3) is 107 Å². The number of rotatable bonds is 8. The maximum absolute atomic E-state index is 14.7. The molecule has 0 aliphatic carbocycles. The van der Waals surface area contributed by atoms with E-state index in [4.69, 9.17) is 24.9 Å². The third-order valence-corrected chi connectivity index (χ3v) is 11.9. The molecule has 11 rings (SSSR count). The molecule has 0 N–H and O–H groups in total. The fourth-order valence-corrected chi connectivity index (χ4v) is 8.67. The third-order valence-electron chi connectivity index (χ3n) is 11.9. The summed E-state index contributed by atoms with van der Waals surface area (Å²) in [6, 6.07) is 60.3. The molecule has 0 atom stereocenters. The van der Waals surface area contributed by atoms with Crippen LogP contribution in [-0.4, -0.2) is 29.5 Å². The van der Waals surface area contributed by atoms with E-state index in [1.165, 1.54) is 6.07 Å². The van der Waals surface area contributed by atoms with Crippen LogP contribution in [0.5, 0.6) is 0 Å². The molecular formula is C57H34F6N6. The topological polar surface area (TPSA) is 69.4 Å². The molecule has 0 fully saturated rings. The van der Waals surface area contributed by atoms with E-state index in [9.17, 15) is 26.3 Å². The zero-order chi connectivity index (χ0) is 47.3. The monoisotopic (exact) mass is 916 g/mol. The molecule has 0 unspecified atom stereocenters. The SMILES string of the molecule is FC(F)(F)c1ccc(-c2ccc3c4ccccc4n(-c4ccc(-c5cc(-c6ccccc6)nc(-c6ccccc6)n5)cc4-c4nc(-c5ccccc5)nc(-c5ccccc5)n4)c3c2)c(C(F)(F)F)c1. The van der Waals surface area contributed by atoms with Gasteiger partial charge in [0.05, 0.1) is 39.2 Å². The molecular weight excluding hydrogens is 883 g/mol. The van der Waals surface area contributed by atoms with Crippen LogP contribution in [0.2, 0.25) is 0 Å².